The van der Waals surface area contributed by atoms with E-state index in [1.165, 1.54) is 0 Å². The highest BCUT2D eigenvalue weighted by atomic mass is 16.5. The Hall–Kier alpha value is -1.06. The molecule has 0 aliphatic heterocycles. The molecule has 0 amide bonds. The minimum absolute atomic E-state index is 0.123. The molecule has 0 aliphatic rings. The fourth-order valence-electron chi connectivity index (χ4n) is 1.57. The maximum Gasteiger partial charge on any atom is 0.309 e. The van der Waals surface area contributed by atoms with Crippen molar-refractivity contribution in [3.8, 4) is 0 Å². The highest BCUT2D eigenvalue weighted by Crippen LogP contribution is 2.21. The molecule has 0 aromatic rings. The Morgan fingerprint density at radius 3 is 2.06 bits per heavy atom. The van der Waals surface area contributed by atoms with Crippen LogP contribution in [-0.2, 0) is 19.1 Å². The molecule has 0 saturated carbocycles. The molecule has 0 radical (unpaired) electrons. The van der Waals surface area contributed by atoms with Crippen LogP contribution in [0, 0.1) is 11.8 Å². The summed E-state index contributed by atoms with van der Waals surface area (Å²) in [5.74, 6) is -0.843. The molecule has 0 aromatic carbocycles. The van der Waals surface area contributed by atoms with Crippen molar-refractivity contribution in [3.05, 3.63) is 0 Å². The van der Waals surface area contributed by atoms with Gasteiger partial charge in [0.1, 0.15) is 0 Å². The molecule has 0 fully saturated rings. The molecule has 4 nitrogen and oxygen atoms in total. The van der Waals surface area contributed by atoms with E-state index in [-0.39, 0.29) is 30.2 Å². The second-order valence-electron chi connectivity index (χ2n) is 4.58. The molecular formula is C14H26O4. The third-order valence-corrected chi connectivity index (χ3v) is 2.94. The van der Waals surface area contributed by atoms with Crippen molar-refractivity contribution < 1.29 is 19.1 Å². The van der Waals surface area contributed by atoms with Crippen LogP contribution in [-0.4, -0.2) is 25.2 Å². The first-order chi connectivity index (χ1) is 8.56. The van der Waals surface area contributed by atoms with Crippen molar-refractivity contribution in [2.24, 2.45) is 11.8 Å². The number of rotatable bonds is 9. The summed E-state index contributed by atoms with van der Waals surface area (Å²) >= 11 is 0. The molecule has 0 bridgehead atoms. The summed E-state index contributed by atoms with van der Waals surface area (Å²) in [6, 6.07) is 0. The zero-order valence-corrected chi connectivity index (χ0v) is 12.0. The Labute approximate surface area is 110 Å². The van der Waals surface area contributed by atoms with Gasteiger partial charge in [0.15, 0.2) is 0 Å². The van der Waals surface area contributed by atoms with Gasteiger partial charge in [0.25, 0.3) is 0 Å². The van der Waals surface area contributed by atoms with Crippen LogP contribution in [0.25, 0.3) is 0 Å². The summed E-state index contributed by atoms with van der Waals surface area (Å²) in [6.45, 7) is 8.68. The van der Waals surface area contributed by atoms with Gasteiger partial charge >= 0.3 is 11.9 Å². The van der Waals surface area contributed by atoms with Crippen LogP contribution in [0.4, 0.5) is 0 Å². The molecule has 0 saturated heterocycles. The summed E-state index contributed by atoms with van der Waals surface area (Å²) in [5.41, 5.74) is 0. The molecule has 2 atom stereocenters. The second kappa shape index (κ2) is 9.92. The molecular weight excluding hydrogens is 232 g/mol. The highest BCUT2D eigenvalue weighted by molar-refractivity contribution is 5.80. The van der Waals surface area contributed by atoms with Crippen LogP contribution in [0.3, 0.4) is 0 Å². The lowest BCUT2D eigenvalue weighted by molar-refractivity contribution is -0.157. The maximum absolute atomic E-state index is 11.9. The number of esters is 2. The third-order valence-electron chi connectivity index (χ3n) is 2.94. The average Bonchev–Trinajstić information content (AvgIpc) is 2.38. The first-order valence-corrected chi connectivity index (χ1v) is 6.88. The van der Waals surface area contributed by atoms with Gasteiger partial charge in [-0.15, -0.1) is 0 Å². The summed E-state index contributed by atoms with van der Waals surface area (Å²) in [4.78, 5) is 23.5. The van der Waals surface area contributed by atoms with Crippen LogP contribution in [0.2, 0.25) is 0 Å². The van der Waals surface area contributed by atoms with Gasteiger partial charge in [0.05, 0.1) is 25.6 Å². The van der Waals surface area contributed by atoms with Crippen LogP contribution in [0.15, 0.2) is 0 Å². The molecule has 0 aliphatic carbocycles. The van der Waals surface area contributed by atoms with E-state index in [4.69, 9.17) is 9.47 Å². The lowest BCUT2D eigenvalue weighted by Gasteiger charge is -2.20. The van der Waals surface area contributed by atoms with Crippen molar-refractivity contribution >= 4 is 11.9 Å². The normalized spacial score (nSPS) is 13.8. The smallest absolute Gasteiger partial charge is 0.309 e. The molecule has 0 rings (SSSR count). The van der Waals surface area contributed by atoms with Gasteiger partial charge in [-0.3, -0.25) is 9.59 Å². The Morgan fingerprint density at radius 2 is 1.56 bits per heavy atom. The van der Waals surface area contributed by atoms with Crippen LogP contribution in [0.1, 0.15) is 53.4 Å². The SMILES string of the molecule is CCCOC(=O)CC(C(=O)OCCC)C(C)CC. The number of hydrogen-bond acceptors (Lipinski definition) is 4. The third kappa shape index (κ3) is 6.62. The van der Waals surface area contributed by atoms with Gasteiger partial charge in [0, 0.05) is 0 Å². The average molecular weight is 258 g/mol. The number of carbonyl (C=O) groups is 2. The van der Waals surface area contributed by atoms with E-state index in [0.717, 1.165) is 19.3 Å². The number of ether oxygens (including phenoxy) is 2. The Bertz CT molecular complexity index is 250. The molecule has 18 heavy (non-hydrogen) atoms. The van der Waals surface area contributed by atoms with Gasteiger partial charge in [-0.05, 0) is 18.8 Å². The first kappa shape index (κ1) is 16.9. The lowest BCUT2D eigenvalue weighted by Crippen LogP contribution is -2.27. The van der Waals surface area contributed by atoms with Crippen molar-refractivity contribution in [3.63, 3.8) is 0 Å². The largest absolute Gasteiger partial charge is 0.466 e. The molecule has 0 N–H and O–H groups in total. The Balaban J connectivity index is 4.39. The predicted molar refractivity (Wildman–Crippen MR) is 70.1 cm³/mol. The Kier molecular flexibility index (Phi) is 9.33. The van der Waals surface area contributed by atoms with Gasteiger partial charge in [-0.1, -0.05) is 34.1 Å². The predicted octanol–water partition coefficient (Wildman–Crippen LogP) is 2.95. The monoisotopic (exact) mass is 258 g/mol. The van der Waals surface area contributed by atoms with Crippen molar-refractivity contribution in [1.82, 2.24) is 0 Å². The van der Waals surface area contributed by atoms with E-state index in [0.29, 0.717) is 13.2 Å². The maximum atomic E-state index is 11.9. The summed E-state index contributed by atoms with van der Waals surface area (Å²) in [5, 5.41) is 0. The van der Waals surface area contributed by atoms with Crippen molar-refractivity contribution in [2.75, 3.05) is 13.2 Å². The minimum Gasteiger partial charge on any atom is -0.466 e. The van der Waals surface area contributed by atoms with E-state index < -0.39 is 0 Å². The summed E-state index contributed by atoms with van der Waals surface area (Å²) in [6.07, 6.45) is 2.55. The molecule has 0 aromatic heterocycles. The van der Waals surface area contributed by atoms with E-state index >= 15 is 0 Å². The molecule has 106 valence electrons. The molecule has 2 unspecified atom stereocenters. The highest BCUT2D eigenvalue weighted by Gasteiger charge is 2.28. The summed E-state index contributed by atoms with van der Waals surface area (Å²) in [7, 11) is 0. The lowest BCUT2D eigenvalue weighted by atomic mass is 9.89. The van der Waals surface area contributed by atoms with Crippen LogP contribution in [0.5, 0.6) is 0 Å². The van der Waals surface area contributed by atoms with Crippen molar-refractivity contribution in [1.29, 1.82) is 0 Å². The zero-order chi connectivity index (χ0) is 14.0. The van der Waals surface area contributed by atoms with E-state index in [2.05, 4.69) is 0 Å². The number of carbonyl (C=O) groups excluding carboxylic acids is 2. The van der Waals surface area contributed by atoms with Gasteiger partial charge in [0.2, 0.25) is 0 Å². The van der Waals surface area contributed by atoms with E-state index in [1.54, 1.807) is 0 Å². The minimum atomic E-state index is -0.383. The molecule has 0 heterocycles. The fourth-order valence-corrected chi connectivity index (χ4v) is 1.57. The standard InChI is InChI=1S/C14H26O4/c1-5-8-17-13(15)10-12(11(4)7-3)14(16)18-9-6-2/h11-12H,5-10H2,1-4H3. The second-order valence-corrected chi connectivity index (χ2v) is 4.58. The number of hydrogen-bond donors (Lipinski definition) is 0. The van der Waals surface area contributed by atoms with Gasteiger partial charge in [-0.25, -0.2) is 0 Å². The molecule has 0 spiro atoms. The van der Waals surface area contributed by atoms with E-state index in [9.17, 15) is 9.59 Å². The first-order valence-electron chi connectivity index (χ1n) is 6.88. The fraction of sp³-hybridized carbons (Fsp3) is 0.857. The summed E-state index contributed by atoms with van der Waals surface area (Å²) < 4.78 is 10.2. The Morgan fingerprint density at radius 1 is 1.00 bits per heavy atom. The molecule has 4 heteroatoms. The van der Waals surface area contributed by atoms with Crippen molar-refractivity contribution in [2.45, 2.75) is 53.4 Å². The topological polar surface area (TPSA) is 52.6 Å². The van der Waals surface area contributed by atoms with Crippen LogP contribution < -0.4 is 0 Å². The van der Waals surface area contributed by atoms with Crippen LogP contribution >= 0.6 is 0 Å². The zero-order valence-electron chi connectivity index (χ0n) is 12.0. The van der Waals surface area contributed by atoms with Gasteiger partial charge in [-0.2, -0.15) is 0 Å². The quantitative estimate of drug-likeness (QED) is 0.597. The van der Waals surface area contributed by atoms with Gasteiger partial charge < -0.3 is 9.47 Å². The van der Waals surface area contributed by atoms with E-state index in [1.807, 2.05) is 27.7 Å².